The molecule has 1 aliphatic rings. The molecule has 0 radical (unpaired) electrons. The lowest BCUT2D eigenvalue weighted by Crippen LogP contribution is -2.31. The van der Waals surface area contributed by atoms with Crippen LogP contribution in [-0.2, 0) is 9.59 Å². The van der Waals surface area contributed by atoms with Gasteiger partial charge in [0.15, 0.2) is 0 Å². The highest BCUT2D eigenvalue weighted by atomic mass is 32.1. The summed E-state index contributed by atoms with van der Waals surface area (Å²) in [6, 6.07) is 13.1. The van der Waals surface area contributed by atoms with Gasteiger partial charge in [-0.3, -0.25) is 19.5 Å². The van der Waals surface area contributed by atoms with Gasteiger partial charge in [0.1, 0.15) is 0 Å². The summed E-state index contributed by atoms with van der Waals surface area (Å²) >= 11 is 1.39. The van der Waals surface area contributed by atoms with Gasteiger partial charge in [-0.05, 0) is 56.2 Å². The topological polar surface area (TPSA) is 88.1 Å². The van der Waals surface area contributed by atoms with Crippen molar-refractivity contribution in [1.29, 1.82) is 0 Å². The van der Waals surface area contributed by atoms with E-state index in [1.54, 1.807) is 13.0 Å². The van der Waals surface area contributed by atoms with Crippen LogP contribution in [0, 0.1) is 20.8 Å². The highest BCUT2D eigenvalue weighted by Crippen LogP contribution is 2.34. The maximum Gasteiger partial charge on any atom is 0.277 e. The minimum atomic E-state index is -0.812. The van der Waals surface area contributed by atoms with Crippen LogP contribution in [0.2, 0.25) is 0 Å². The number of rotatable bonds is 3. The average molecular weight is 433 g/mol. The van der Waals surface area contributed by atoms with E-state index in [9.17, 15) is 14.4 Å². The number of imide groups is 1. The zero-order valence-corrected chi connectivity index (χ0v) is 18.1. The molecule has 2 aromatic heterocycles. The second kappa shape index (κ2) is 7.02. The van der Waals surface area contributed by atoms with E-state index in [0.717, 1.165) is 21.3 Å². The van der Waals surface area contributed by atoms with E-state index in [-0.39, 0.29) is 23.8 Å². The number of para-hydroxylation sites is 1. The van der Waals surface area contributed by atoms with Gasteiger partial charge in [0.2, 0.25) is 16.9 Å². The van der Waals surface area contributed by atoms with E-state index in [0.29, 0.717) is 22.1 Å². The molecule has 8 heteroatoms. The van der Waals surface area contributed by atoms with Crippen LogP contribution in [0.1, 0.15) is 34.7 Å². The Morgan fingerprint density at radius 2 is 1.81 bits per heavy atom. The molecule has 31 heavy (non-hydrogen) atoms. The van der Waals surface area contributed by atoms with E-state index >= 15 is 0 Å². The smallest absolute Gasteiger partial charge is 0.277 e. The second-order valence-electron chi connectivity index (χ2n) is 7.85. The number of anilines is 1. The zero-order valence-electron chi connectivity index (χ0n) is 17.3. The summed E-state index contributed by atoms with van der Waals surface area (Å²) in [5.41, 5.74) is 3.97. The summed E-state index contributed by atoms with van der Waals surface area (Å²) in [6.45, 7) is 5.66. The summed E-state index contributed by atoms with van der Waals surface area (Å²) in [4.78, 5) is 45.0. The van der Waals surface area contributed by atoms with E-state index in [1.807, 2.05) is 50.2 Å². The number of aryl methyl sites for hydroxylation is 3. The lowest BCUT2D eigenvalue weighted by molar-refractivity contribution is -0.121. The molecule has 2 amide bonds. The molecule has 1 saturated heterocycles. The van der Waals surface area contributed by atoms with Crippen molar-refractivity contribution < 1.29 is 9.59 Å². The van der Waals surface area contributed by atoms with E-state index in [2.05, 4.69) is 10.1 Å². The van der Waals surface area contributed by atoms with Crippen molar-refractivity contribution in [3.05, 3.63) is 75.2 Å². The number of nitrogens with zero attached hydrogens (tertiary/aromatic N) is 3. The van der Waals surface area contributed by atoms with Gasteiger partial charge in [-0.1, -0.05) is 29.5 Å². The number of amides is 2. The average Bonchev–Trinajstić information content (AvgIpc) is 3.37. The second-order valence-corrected chi connectivity index (χ2v) is 8.86. The molecule has 3 heterocycles. The van der Waals surface area contributed by atoms with E-state index in [4.69, 9.17) is 0 Å². The van der Waals surface area contributed by atoms with Gasteiger partial charge in [0, 0.05) is 12.1 Å². The Bertz CT molecular complexity index is 1400. The Kier molecular flexibility index (Phi) is 4.40. The number of benzene rings is 2. The SMILES string of the molecule is Cc1ccc(N2C(=O)CC(c3c(C)[nH]n(-c4nc5ccccc5s4)c3=O)C2=O)cc1C. The molecule has 2 aromatic carbocycles. The van der Waals surface area contributed by atoms with Crippen LogP contribution in [-0.4, -0.2) is 26.6 Å². The fourth-order valence-electron chi connectivity index (χ4n) is 4.05. The third kappa shape index (κ3) is 3.02. The molecule has 1 fully saturated rings. The number of thiazole rings is 1. The first-order chi connectivity index (χ1) is 14.8. The monoisotopic (exact) mass is 432 g/mol. The number of hydrogen-bond donors (Lipinski definition) is 1. The molecular weight excluding hydrogens is 412 g/mol. The van der Waals surface area contributed by atoms with Crippen molar-refractivity contribution in [2.75, 3.05) is 4.90 Å². The summed E-state index contributed by atoms with van der Waals surface area (Å²) in [5.74, 6) is -1.48. The molecule has 1 unspecified atom stereocenters. The molecule has 0 spiro atoms. The van der Waals surface area contributed by atoms with Crippen LogP contribution in [0.4, 0.5) is 5.69 Å². The number of carbonyl (C=O) groups excluding carboxylic acids is 2. The van der Waals surface area contributed by atoms with Crippen LogP contribution in [0.25, 0.3) is 15.3 Å². The molecule has 0 saturated carbocycles. The molecular formula is C23H20N4O3S. The Labute approximate surface area is 181 Å². The number of nitrogens with one attached hydrogen (secondary N) is 1. The molecule has 156 valence electrons. The summed E-state index contributed by atoms with van der Waals surface area (Å²) in [7, 11) is 0. The minimum Gasteiger partial charge on any atom is -0.293 e. The van der Waals surface area contributed by atoms with Crippen LogP contribution in [0.15, 0.2) is 47.3 Å². The minimum absolute atomic E-state index is 0.0282. The summed E-state index contributed by atoms with van der Waals surface area (Å²) < 4.78 is 2.33. The maximum absolute atomic E-state index is 13.3. The number of aromatic amines is 1. The van der Waals surface area contributed by atoms with Gasteiger partial charge < -0.3 is 0 Å². The number of aromatic nitrogens is 3. The van der Waals surface area contributed by atoms with Crippen molar-refractivity contribution in [2.24, 2.45) is 0 Å². The molecule has 4 aromatic rings. The zero-order chi connectivity index (χ0) is 21.9. The molecule has 1 N–H and O–H groups in total. The third-order valence-electron chi connectivity index (χ3n) is 5.83. The van der Waals surface area contributed by atoms with Gasteiger partial charge >= 0.3 is 0 Å². The quantitative estimate of drug-likeness (QED) is 0.500. The number of H-pyrrole nitrogens is 1. The fourth-order valence-corrected chi connectivity index (χ4v) is 4.98. The van der Waals surface area contributed by atoms with Crippen LogP contribution in [0.5, 0.6) is 0 Å². The molecule has 0 aliphatic carbocycles. The molecule has 5 rings (SSSR count). The predicted molar refractivity (Wildman–Crippen MR) is 120 cm³/mol. The summed E-state index contributed by atoms with van der Waals surface area (Å²) in [5, 5.41) is 3.55. The summed E-state index contributed by atoms with van der Waals surface area (Å²) in [6.07, 6.45) is -0.0282. The van der Waals surface area contributed by atoms with Crippen molar-refractivity contribution in [2.45, 2.75) is 33.1 Å². The van der Waals surface area contributed by atoms with Crippen molar-refractivity contribution in [3.63, 3.8) is 0 Å². The van der Waals surface area contributed by atoms with Crippen LogP contribution in [0.3, 0.4) is 0 Å². The predicted octanol–water partition coefficient (Wildman–Crippen LogP) is 3.75. The number of carbonyl (C=O) groups is 2. The van der Waals surface area contributed by atoms with E-state index < -0.39 is 5.92 Å². The van der Waals surface area contributed by atoms with E-state index in [1.165, 1.54) is 20.9 Å². The molecule has 7 nitrogen and oxygen atoms in total. The lowest BCUT2D eigenvalue weighted by atomic mass is 9.98. The first-order valence-corrected chi connectivity index (χ1v) is 10.8. The number of fused-ring (bicyclic) bond motifs is 1. The maximum atomic E-state index is 13.3. The van der Waals surface area contributed by atoms with Gasteiger partial charge in [0.25, 0.3) is 5.56 Å². The number of hydrogen-bond acceptors (Lipinski definition) is 5. The van der Waals surface area contributed by atoms with Crippen molar-refractivity contribution >= 4 is 39.1 Å². The highest BCUT2D eigenvalue weighted by molar-refractivity contribution is 7.20. The largest absolute Gasteiger partial charge is 0.293 e. The first kappa shape index (κ1) is 19.4. The third-order valence-corrected chi connectivity index (χ3v) is 6.86. The molecule has 1 aliphatic heterocycles. The van der Waals surface area contributed by atoms with Crippen molar-refractivity contribution in [3.8, 4) is 5.13 Å². The fraction of sp³-hybridized carbons (Fsp3) is 0.217. The lowest BCUT2D eigenvalue weighted by Gasteiger charge is -2.16. The van der Waals surface area contributed by atoms with Gasteiger partial charge in [-0.15, -0.1) is 0 Å². The normalized spacial score (nSPS) is 16.6. The Balaban J connectivity index is 1.55. The Hall–Kier alpha value is -3.52. The standard InChI is InChI=1S/C23H20N4O3S/c1-12-8-9-15(10-13(12)2)26-19(28)11-16(21(26)29)20-14(3)25-27(22(20)30)23-24-17-6-4-5-7-18(17)31-23/h4-10,16,25H,11H2,1-3H3. The Morgan fingerprint density at radius 3 is 2.55 bits per heavy atom. The molecule has 0 bridgehead atoms. The van der Waals surface area contributed by atoms with Crippen molar-refractivity contribution in [1.82, 2.24) is 14.8 Å². The first-order valence-electron chi connectivity index (χ1n) is 9.96. The molecule has 1 atom stereocenters. The van der Waals surface area contributed by atoms with Gasteiger partial charge in [-0.2, -0.15) is 4.68 Å². The Morgan fingerprint density at radius 1 is 1.03 bits per heavy atom. The van der Waals surface area contributed by atoms with Crippen LogP contribution < -0.4 is 10.5 Å². The highest BCUT2D eigenvalue weighted by Gasteiger charge is 2.43. The van der Waals surface area contributed by atoms with Crippen LogP contribution >= 0.6 is 11.3 Å². The van der Waals surface area contributed by atoms with Gasteiger partial charge in [-0.25, -0.2) is 9.88 Å². The van der Waals surface area contributed by atoms with Gasteiger partial charge in [0.05, 0.1) is 27.4 Å².